The Morgan fingerprint density at radius 2 is 1.84 bits per heavy atom. The van der Waals surface area contributed by atoms with Crippen LogP contribution in [0.4, 0.5) is 0 Å². The molecule has 0 aliphatic carbocycles. The normalized spacial score (nSPS) is 13.3. The zero-order chi connectivity index (χ0) is 12.6. The van der Waals surface area contributed by atoms with E-state index in [1.54, 1.807) is 0 Å². The number of aromatic nitrogens is 3. The second-order valence-corrected chi connectivity index (χ2v) is 5.31. The van der Waals surface area contributed by atoms with Gasteiger partial charge in [0.25, 0.3) is 0 Å². The summed E-state index contributed by atoms with van der Waals surface area (Å²) in [6.45, 7) is 0.979. The monoisotopic (exact) mass is 247 g/mol. The van der Waals surface area contributed by atoms with E-state index in [0.29, 0.717) is 0 Å². The molecule has 5 rings (SSSR count). The van der Waals surface area contributed by atoms with Gasteiger partial charge in [0.15, 0.2) is 13.6 Å². The maximum atomic E-state index is 2.34. The summed E-state index contributed by atoms with van der Waals surface area (Å²) in [6.07, 6.45) is 2.18. The first kappa shape index (κ1) is 9.50. The van der Waals surface area contributed by atoms with Crippen molar-refractivity contribution in [2.45, 2.75) is 6.54 Å². The Morgan fingerprint density at radius 3 is 2.79 bits per heavy atom. The second kappa shape index (κ2) is 2.94. The Bertz CT molecular complexity index is 985. The molecule has 0 atom stereocenters. The van der Waals surface area contributed by atoms with Gasteiger partial charge in [0.05, 0.1) is 5.39 Å². The van der Waals surface area contributed by atoms with Gasteiger partial charge < -0.3 is 0 Å². The molecule has 0 unspecified atom stereocenters. The molecule has 3 nitrogen and oxygen atoms in total. The first-order chi connectivity index (χ1) is 9.34. The summed E-state index contributed by atoms with van der Waals surface area (Å²) >= 11 is 0. The first-order valence-electron chi connectivity index (χ1n) is 6.58. The zero-order valence-corrected chi connectivity index (χ0v) is 10.7. The van der Waals surface area contributed by atoms with Crippen LogP contribution >= 0.6 is 0 Å². The molecule has 19 heavy (non-hydrogen) atoms. The van der Waals surface area contributed by atoms with Crippen molar-refractivity contribution in [3.8, 4) is 0 Å². The Balaban J connectivity index is 2.29. The molecule has 2 aromatic carbocycles. The highest BCUT2D eigenvalue weighted by atomic mass is 15.4. The topological polar surface area (TPSA) is 12.2 Å². The minimum absolute atomic E-state index is 0.979. The summed E-state index contributed by atoms with van der Waals surface area (Å²) in [5.74, 6) is 0. The predicted octanol–water partition coefficient (Wildman–Crippen LogP) is 1.72. The smallest absolute Gasteiger partial charge is 0.116 e. The minimum Gasteiger partial charge on any atom is -0.116 e. The molecular formula is C16H13N3+2. The molecule has 0 N–H and O–H groups in total. The van der Waals surface area contributed by atoms with E-state index in [4.69, 9.17) is 0 Å². The van der Waals surface area contributed by atoms with Gasteiger partial charge >= 0.3 is 12.0 Å². The molecule has 0 radical (unpaired) electrons. The summed E-state index contributed by atoms with van der Waals surface area (Å²) < 4.78 is 6.82. The largest absolute Gasteiger partial charge is 0.432 e. The lowest BCUT2D eigenvalue weighted by Crippen LogP contribution is -2.38. The van der Waals surface area contributed by atoms with Crippen molar-refractivity contribution in [2.24, 2.45) is 7.05 Å². The molecule has 3 heterocycles. The summed E-state index contributed by atoms with van der Waals surface area (Å²) in [6, 6.07) is 15.3. The highest BCUT2D eigenvalue weighted by Gasteiger charge is 2.33. The van der Waals surface area contributed by atoms with Crippen LogP contribution in [0.3, 0.4) is 0 Å². The van der Waals surface area contributed by atoms with E-state index in [0.717, 1.165) is 6.54 Å². The standard InChI is InChI=1S/C16H13N3/c1-17-10-18-9-11-5-4-7-13-12-6-2-3-8-14(12)19(17)16(18)15(11)13/h2-8,10H,9H2,1H3/q+2. The average Bonchev–Trinajstić information content (AvgIpc) is 2.94. The Labute approximate surface area is 109 Å². The van der Waals surface area contributed by atoms with Gasteiger partial charge in [-0.2, -0.15) is 0 Å². The van der Waals surface area contributed by atoms with Crippen LogP contribution in [0.2, 0.25) is 0 Å². The molecule has 4 aromatic rings. The number of para-hydroxylation sites is 1. The third-order valence-corrected chi connectivity index (χ3v) is 4.23. The van der Waals surface area contributed by atoms with E-state index in [-0.39, 0.29) is 0 Å². The number of benzene rings is 2. The van der Waals surface area contributed by atoms with Gasteiger partial charge in [-0.15, -0.1) is 4.57 Å². The molecule has 90 valence electrons. The fourth-order valence-corrected chi connectivity index (χ4v) is 3.52. The van der Waals surface area contributed by atoms with E-state index >= 15 is 0 Å². The third-order valence-electron chi connectivity index (χ3n) is 4.23. The van der Waals surface area contributed by atoms with Gasteiger partial charge in [-0.25, -0.2) is 0 Å². The first-order valence-corrected chi connectivity index (χ1v) is 6.58. The number of hydrogen-bond acceptors (Lipinski definition) is 0. The van der Waals surface area contributed by atoms with Crippen molar-refractivity contribution in [3.63, 3.8) is 0 Å². The molecule has 0 bridgehead atoms. The molecule has 2 aromatic heterocycles. The van der Waals surface area contributed by atoms with Gasteiger partial charge in [-0.05, 0) is 10.7 Å². The molecule has 1 aliphatic heterocycles. The van der Waals surface area contributed by atoms with Gasteiger partial charge in [0.1, 0.15) is 5.52 Å². The SMILES string of the molecule is C[n+]1c[n+]2c3c4c(cccc4c4ccccc4n31)C2. The fourth-order valence-electron chi connectivity index (χ4n) is 3.52. The number of pyridine rings is 1. The summed E-state index contributed by atoms with van der Waals surface area (Å²) in [5, 5.41) is 4.10. The van der Waals surface area contributed by atoms with E-state index in [1.165, 1.54) is 32.9 Å². The lowest BCUT2D eigenvalue weighted by molar-refractivity contribution is -0.800. The average molecular weight is 247 g/mol. The molecule has 0 spiro atoms. The lowest BCUT2D eigenvalue weighted by Gasteiger charge is -2.02. The molecule has 0 fully saturated rings. The van der Waals surface area contributed by atoms with E-state index in [1.807, 2.05) is 0 Å². The maximum absolute atomic E-state index is 2.34. The number of fused-ring (bicyclic) bond motifs is 3. The van der Waals surface area contributed by atoms with Gasteiger partial charge in [-0.1, -0.05) is 40.9 Å². The van der Waals surface area contributed by atoms with Crippen LogP contribution in [0.15, 0.2) is 48.8 Å². The Kier molecular flexibility index (Phi) is 1.47. The molecular weight excluding hydrogens is 234 g/mol. The van der Waals surface area contributed by atoms with Crippen LogP contribution in [0.25, 0.3) is 27.3 Å². The highest BCUT2D eigenvalue weighted by molar-refractivity contribution is 6.12. The van der Waals surface area contributed by atoms with Crippen molar-refractivity contribution in [2.75, 3.05) is 0 Å². The molecule has 3 heteroatoms. The van der Waals surface area contributed by atoms with Gasteiger partial charge in [-0.3, -0.25) is 0 Å². The van der Waals surface area contributed by atoms with Crippen molar-refractivity contribution in [1.82, 2.24) is 4.52 Å². The number of rotatable bonds is 0. The summed E-state index contributed by atoms with van der Waals surface area (Å²) in [5.41, 5.74) is 4.01. The van der Waals surface area contributed by atoms with Crippen molar-refractivity contribution >= 4 is 27.3 Å². The quantitative estimate of drug-likeness (QED) is 0.292. The molecule has 1 aliphatic rings. The molecule has 0 amide bonds. The zero-order valence-electron chi connectivity index (χ0n) is 10.7. The van der Waals surface area contributed by atoms with Gasteiger partial charge in [0.2, 0.25) is 0 Å². The van der Waals surface area contributed by atoms with Gasteiger partial charge in [0, 0.05) is 16.3 Å². The second-order valence-electron chi connectivity index (χ2n) is 5.31. The van der Waals surface area contributed by atoms with Crippen molar-refractivity contribution in [1.29, 1.82) is 0 Å². The summed E-state index contributed by atoms with van der Waals surface area (Å²) in [7, 11) is 2.11. The van der Waals surface area contributed by atoms with Crippen molar-refractivity contribution in [3.05, 3.63) is 54.4 Å². The van der Waals surface area contributed by atoms with Crippen LogP contribution in [0.5, 0.6) is 0 Å². The molecule has 0 saturated heterocycles. The van der Waals surface area contributed by atoms with Crippen LogP contribution in [0, 0.1) is 0 Å². The summed E-state index contributed by atoms with van der Waals surface area (Å²) in [4.78, 5) is 0. The number of hydrogen-bond donors (Lipinski definition) is 0. The molecule has 0 saturated carbocycles. The number of nitrogens with zero attached hydrogens (tertiary/aromatic N) is 3. The third kappa shape index (κ3) is 0.964. The van der Waals surface area contributed by atoms with Crippen LogP contribution in [-0.2, 0) is 13.6 Å². The lowest BCUT2D eigenvalue weighted by atomic mass is 10.0. The predicted molar refractivity (Wildman–Crippen MR) is 72.9 cm³/mol. The van der Waals surface area contributed by atoms with E-state index < -0.39 is 0 Å². The van der Waals surface area contributed by atoms with Crippen LogP contribution in [0.1, 0.15) is 5.56 Å². The Hall–Kier alpha value is -2.42. The minimum atomic E-state index is 0.979. The number of aryl methyl sites for hydroxylation is 1. The Morgan fingerprint density at radius 1 is 1.00 bits per heavy atom. The van der Waals surface area contributed by atoms with E-state index in [2.05, 4.69) is 69.6 Å². The highest BCUT2D eigenvalue weighted by Crippen LogP contribution is 2.32. The maximum Gasteiger partial charge on any atom is 0.432 e. The van der Waals surface area contributed by atoms with E-state index in [9.17, 15) is 0 Å². The fraction of sp³-hybridized carbons (Fsp3) is 0.125. The van der Waals surface area contributed by atoms with Crippen LogP contribution in [-0.4, -0.2) is 4.52 Å². The van der Waals surface area contributed by atoms with Crippen molar-refractivity contribution < 1.29 is 9.25 Å². The van der Waals surface area contributed by atoms with Crippen LogP contribution < -0.4 is 9.25 Å².